The third-order valence-corrected chi connectivity index (χ3v) is 3.00. The molecule has 0 aliphatic heterocycles. The van der Waals surface area contributed by atoms with Crippen LogP contribution in [-0.2, 0) is 0 Å². The lowest BCUT2D eigenvalue weighted by molar-refractivity contribution is -0.504. The van der Waals surface area contributed by atoms with Gasteiger partial charge in [0.15, 0.2) is 0 Å². The highest BCUT2D eigenvalue weighted by molar-refractivity contribution is 5.33. The largest absolute Gasteiger partial charge is 0.446 e. The molecule has 0 radical (unpaired) electrons. The van der Waals surface area contributed by atoms with E-state index in [4.69, 9.17) is 0 Å². The van der Waals surface area contributed by atoms with Gasteiger partial charge in [-0.3, -0.25) is 0 Å². The van der Waals surface area contributed by atoms with Gasteiger partial charge in [-0.25, -0.2) is 0 Å². The zero-order chi connectivity index (χ0) is 9.10. The van der Waals surface area contributed by atoms with Gasteiger partial charge in [0, 0.05) is 0 Å². The summed E-state index contributed by atoms with van der Waals surface area (Å²) in [6.07, 6.45) is 5.59. The molecule has 1 fully saturated rings. The van der Waals surface area contributed by atoms with Crippen LogP contribution in [0.2, 0.25) is 0 Å². The second-order valence-corrected chi connectivity index (χ2v) is 3.85. The Morgan fingerprint density at radius 3 is 2.23 bits per heavy atom. The van der Waals surface area contributed by atoms with Gasteiger partial charge in [0.05, 0.1) is 0 Å². The summed E-state index contributed by atoms with van der Waals surface area (Å²) < 4.78 is 0. The van der Waals surface area contributed by atoms with Crippen molar-refractivity contribution in [1.29, 1.82) is 0 Å². The van der Waals surface area contributed by atoms with Crippen LogP contribution in [0.4, 0.5) is 5.69 Å². The van der Waals surface area contributed by atoms with Crippen molar-refractivity contribution in [2.24, 2.45) is 0 Å². The Morgan fingerprint density at radius 2 is 1.69 bits per heavy atom. The Balaban J connectivity index is 2.12. The molecule has 1 aliphatic rings. The summed E-state index contributed by atoms with van der Waals surface area (Å²) in [7, 11) is 3.76. The zero-order valence-corrected chi connectivity index (χ0v) is 8.00. The van der Waals surface area contributed by atoms with Crippen LogP contribution < -0.4 is 5.32 Å². The fourth-order valence-electron chi connectivity index (χ4n) is 2.16. The Bertz CT molecular complexity index is 257. The molecule has 1 aromatic carbocycles. The average Bonchev–Trinajstić information content (AvgIpc) is 2.71. The molecule has 70 valence electrons. The first-order chi connectivity index (χ1) is 6.40. The maximum atomic E-state index is 3.76. The molecule has 2 rings (SSSR count). The van der Waals surface area contributed by atoms with Crippen molar-refractivity contribution in [1.82, 2.24) is 0 Å². The molecule has 1 heteroatoms. The van der Waals surface area contributed by atoms with Crippen molar-refractivity contribution in [2.75, 3.05) is 0 Å². The molecule has 0 aromatic heterocycles. The minimum Gasteiger partial charge on any atom is -0.446 e. The molecule has 0 amide bonds. The fourth-order valence-corrected chi connectivity index (χ4v) is 2.16. The van der Waals surface area contributed by atoms with E-state index in [-0.39, 0.29) is 0 Å². The first-order valence-corrected chi connectivity index (χ1v) is 5.12. The van der Waals surface area contributed by atoms with Crippen LogP contribution in [0.1, 0.15) is 37.2 Å². The molecule has 1 saturated carbocycles. The normalized spacial score (nSPS) is 17.9. The summed E-state index contributed by atoms with van der Waals surface area (Å²) in [6, 6.07) is 8.85. The monoisotopic (exact) mass is 175 g/mol. The van der Waals surface area contributed by atoms with E-state index in [0.29, 0.717) is 0 Å². The van der Waals surface area contributed by atoms with Crippen LogP contribution in [0.15, 0.2) is 24.3 Å². The summed E-state index contributed by atoms with van der Waals surface area (Å²) in [4.78, 5) is 0. The van der Waals surface area contributed by atoms with Crippen LogP contribution in [-0.4, -0.2) is 0 Å². The fraction of sp³-hybridized carbons (Fsp3) is 0.417. The molecule has 1 nitrogen and oxygen atoms in total. The summed E-state index contributed by atoms with van der Waals surface area (Å²) in [5.74, 6) is 0.832. The number of hydrogen-bond acceptors (Lipinski definition) is 0. The van der Waals surface area contributed by atoms with Crippen LogP contribution in [0, 0.1) is 7.05 Å². The molecule has 0 heterocycles. The second-order valence-electron chi connectivity index (χ2n) is 3.85. The minimum atomic E-state index is 0.832. The van der Waals surface area contributed by atoms with E-state index in [0.717, 1.165) is 5.92 Å². The molecular weight excluding hydrogens is 158 g/mol. The van der Waals surface area contributed by atoms with Gasteiger partial charge in [0.1, 0.15) is 5.69 Å². The minimum absolute atomic E-state index is 0.832. The number of benzene rings is 1. The molecule has 1 aromatic rings. The van der Waals surface area contributed by atoms with Gasteiger partial charge in [-0.15, -0.1) is 7.05 Å². The number of nitrogens with two attached hydrogens (primary N) is 1. The Labute approximate surface area is 80.2 Å². The molecule has 0 bridgehead atoms. The molecule has 0 atom stereocenters. The summed E-state index contributed by atoms with van der Waals surface area (Å²) in [6.45, 7) is 0. The maximum absolute atomic E-state index is 3.76. The van der Waals surface area contributed by atoms with Crippen LogP contribution in [0.25, 0.3) is 0 Å². The Morgan fingerprint density at radius 1 is 1.08 bits per heavy atom. The van der Waals surface area contributed by atoms with E-state index in [2.05, 4.69) is 31.3 Å². The van der Waals surface area contributed by atoms with Gasteiger partial charge in [-0.2, -0.15) is 0 Å². The van der Waals surface area contributed by atoms with E-state index in [1.54, 1.807) is 0 Å². The molecular formula is C12H17N. The molecule has 0 spiro atoms. The lowest BCUT2D eigenvalue weighted by Crippen LogP contribution is -2.69. The van der Waals surface area contributed by atoms with Gasteiger partial charge in [0.25, 0.3) is 0 Å². The highest BCUT2D eigenvalue weighted by atomic mass is 14.8. The maximum Gasteiger partial charge on any atom is 0.103 e. The molecule has 0 unspecified atom stereocenters. The van der Waals surface area contributed by atoms with Crippen molar-refractivity contribution in [3.8, 4) is 0 Å². The van der Waals surface area contributed by atoms with E-state index >= 15 is 0 Å². The highest BCUT2D eigenvalue weighted by Crippen LogP contribution is 2.33. The third kappa shape index (κ3) is 1.92. The summed E-state index contributed by atoms with van der Waals surface area (Å²) >= 11 is 0. The van der Waals surface area contributed by atoms with Crippen molar-refractivity contribution >= 4 is 5.69 Å². The molecule has 13 heavy (non-hydrogen) atoms. The van der Waals surface area contributed by atoms with E-state index in [1.807, 2.05) is 5.32 Å². The van der Waals surface area contributed by atoms with Crippen molar-refractivity contribution in [3.63, 3.8) is 0 Å². The lowest BCUT2D eigenvalue weighted by Gasteiger charge is -2.09. The lowest BCUT2D eigenvalue weighted by atomic mass is 9.98. The topological polar surface area (TPSA) is 16.6 Å². The predicted octanol–water partition coefficient (Wildman–Crippen LogP) is 2.33. The van der Waals surface area contributed by atoms with E-state index < -0.39 is 0 Å². The smallest absolute Gasteiger partial charge is 0.103 e. The molecule has 0 saturated heterocycles. The average molecular weight is 175 g/mol. The molecule has 1 aliphatic carbocycles. The second kappa shape index (κ2) is 3.93. The van der Waals surface area contributed by atoms with Crippen molar-refractivity contribution in [3.05, 3.63) is 36.9 Å². The number of hydrogen-bond donors (Lipinski definition) is 1. The SMILES string of the molecule is [CH2-][NH2+]c1ccc(C2CCCC2)cc1. The number of rotatable bonds is 2. The first-order valence-electron chi connectivity index (χ1n) is 5.12. The van der Waals surface area contributed by atoms with Crippen molar-refractivity contribution < 1.29 is 5.32 Å². The quantitative estimate of drug-likeness (QED) is 0.525. The summed E-state index contributed by atoms with van der Waals surface area (Å²) in [5.41, 5.74) is 2.74. The first kappa shape index (κ1) is 8.76. The predicted molar refractivity (Wildman–Crippen MR) is 54.6 cm³/mol. The van der Waals surface area contributed by atoms with Gasteiger partial charge in [-0.1, -0.05) is 25.0 Å². The van der Waals surface area contributed by atoms with E-state index in [9.17, 15) is 0 Å². The van der Waals surface area contributed by atoms with Crippen LogP contribution in [0.5, 0.6) is 0 Å². The zero-order valence-electron chi connectivity index (χ0n) is 8.00. The van der Waals surface area contributed by atoms with Crippen molar-refractivity contribution in [2.45, 2.75) is 31.6 Å². The van der Waals surface area contributed by atoms with Crippen LogP contribution >= 0.6 is 0 Å². The van der Waals surface area contributed by atoms with E-state index in [1.165, 1.54) is 36.9 Å². The Kier molecular flexibility index (Phi) is 2.65. The van der Waals surface area contributed by atoms with Gasteiger partial charge in [-0.05, 0) is 36.5 Å². The Hall–Kier alpha value is -0.820. The van der Waals surface area contributed by atoms with Gasteiger partial charge < -0.3 is 5.32 Å². The van der Waals surface area contributed by atoms with Gasteiger partial charge >= 0.3 is 0 Å². The van der Waals surface area contributed by atoms with Gasteiger partial charge in [0.2, 0.25) is 0 Å². The standard InChI is InChI=1S/C12H17N/c1-13-12-8-6-11(7-9-12)10-4-2-3-5-10/h6-10H,1-5,13H2. The number of quaternary nitrogens is 1. The molecule has 2 N–H and O–H groups in total. The third-order valence-electron chi connectivity index (χ3n) is 3.00. The highest BCUT2D eigenvalue weighted by Gasteiger charge is 2.16. The summed E-state index contributed by atoms with van der Waals surface area (Å²) in [5, 5.41) is 1.90. The van der Waals surface area contributed by atoms with Crippen LogP contribution in [0.3, 0.4) is 0 Å².